The molecule has 0 radical (unpaired) electrons. The summed E-state index contributed by atoms with van der Waals surface area (Å²) in [6.07, 6.45) is 4.28. The van der Waals surface area contributed by atoms with Gasteiger partial charge in [0.15, 0.2) is 0 Å². The average molecular weight is 393 g/mol. The van der Waals surface area contributed by atoms with Gasteiger partial charge in [0.05, 0.1) is 0 Å². The summed E-state index contributed by atoms with van der Waals surface area (Å²) in [4.78, 5) is 11.1. The van der Waals surface area contributed by atoms with Gasteiger partial charge in [-0.3, -0.25) is 4.79 Å². The van der Waals surface area contributed by atoms with Crippen molar-refractivity contribution >= 4 is 29.9 Å². The van der Waals surface area contributed by atoms with E-state index in [0.717, 1.165) is 24.3 Å². The number of carbonyl (C=O) groups is 1. The number of amides is 1. The van der Waals surface area contributed by atoms with Crippen LogP contribution in [-0.4, -0.2) is 19.0 Å². The molecule has 0 heterocycles. The normalized spacial score (nSPS) is 18.7. The molecule has 2 unspecified atom stereocenters. The quantitative estimate of drug-likeness (QED) is 0.778. The lowest BCUT2D eigenvalue weighted by atomic mass is 9.75. The molecule has 2 atom stereocenters. The number of halogens is 2. The van der Waals surface area contributed by atoms with Crippen LogP contribution < -0.4 is 11.1 Å². The van der Waals surface area contributed by atoms with Crippen LogP contribution in [0.4, 0.5) is 0 Å². The highest BCUT2D eigenvalue weighted by Gasteiger charge is 2.29. The van der Waals surface area contributed by atoms with E-state index in [9.17, 15) is 4.79 Å². The molecule has 3 nitrogen and oxygen atoms in total. The van der Waals surface area contributed by atoms with E-state index < -0.39 is 0 Å². The van der Waals surface area contributed by atoms with Crippen molar-refractivity contribution in [1.29, 1.82) is 0 Å². The molecule has 0 fully saturated rings. The van der Waals surface area contributed by atoms with Crippen molar-refractivity contribution in [2.45, 2.75) is 44.1 Å². The van der Waals surface area contributed by atoms with E-state index >= 15 is 0 Å². The van der Waals surface area contributed by atoms with Crippen LogP contribution in [0.3, 0.4) is 0 Å². The fourth-order valence-electron chi connectivity index (χ4n) is 3.88. The highest BCUT2D eigenvalue weighted by molar-refractivity contribution is 6.30. The largest absolute Gasteiger partial charge is 0.370 e. The number of fused-ring (bicyclic) bond motifs is 1. The number of hydrogen-bond donors (Lipinski definition) is 2. The van der Waals surface area contributed by atoms with Crippen LogP contribution in [0, 0.1) is 0 Å². The summed E-state index contributed by atoms with van der Waals surface area (Å²) in [7, 11) is 2.04. The molecular formula is C21H26Cl2N2O. The SMILES string of the molecule is CNC1CCc2ccc(CCC(N)=O)cc2C1Cc1cccc(Cl)c1.Cl. The molecule has 140 valence electrons. The van der Waals surface area contributed by atoms with E-state index in [1.807, 2.05) is 19.2 Å². The summed E-state index contributed by atoms with van der Waals surface area (Å²) < 4.78 is 0. The Balaban J connectivity index is 0.00000243. The van der Waals surface area contributed by atoms with Gasteiger partial charge < -0.3 is 11.1 Å². The summed E-state index contributed by atoms with van der Waals surface area (Å²) in [6.45, 7) is 0. The predicted molar refractivity (Wildman–Crippen MR) is 110 cm³/mol. The molecule has 2 aromatic rings. The van der Waals surface area contributed by atoms with Crippen molar-refractivity contribution in [3.63, 3.8) is 0 Å². The zero-order chi connectivity index (χ0) is 17.8. The number of hydrogen-bond acceptors (Lipinski definition) is 2. The van der Waals surface area contributed by atoms with Crippen molar-refractivity contribution in [3.05, 3.63) is 69.7 Å². The van der Waals surface area contributed by atoms with Gasteiger partial charge in [-0.05, 0) is 67.1 Å². The Morgan fingerprint density at radius 2 is 2.04 bits per heavy atom. The number of benzene rings is 2. The molecular weight excluding hydrogens is 367 g/mol. The van der Waals surface area contributed by atoms with E-state index in [1.54, 1.807) is 0 Å². The summed E-state index contributed by atoms with van der Waals surface area (Å²) in [5, 5.41) is 4.27. The van der Waals surface area contributed by atoms with Crippen molar-refractivity contribution in [1.82, 2.24) is 5.32 Å². The zero-order valence-corrected chi connectivity index (χ0v) is 16.6. The fourth-order valence-corrected chi connectivity index (χ4v) is 4.10. The first-order valence-electron chi connectivity index (χ1n) is 8.88. The lowest BCUT2D eigenvalue weighted by Gasteiger charge is -2.34. The Hall–Kier alpha value is -1.55. The van der Waals surface area contributed by atoms with Crippen LogP contribution in [0.2, 0.25) is 5.02 Å². The van der Waals surface area contributed by atoms with Gasteiger partial charge in [0.25, 0.3) is 0 Å². The van der Waals surface area contributed by atoms with E-state index in [0.29, 0.717) is 24.8 Å². The van der Waals surface area contributed by atoms with Crippen LogP contribution in [0.25, 0.3) is 0 Å². The van der Waals surface area contributed by atoms with Crippen LogP contribution >= 0.6 is 24.0 Å². The Bertz CT molecular complexity index is 763. The molecule has 0 aromatic heterocycles. The summed E-state index contributed by atoms with van der Waals surface area (Å²) >= 11 is 6.17. The molecule has 0 saturated heterocycles. The predicted octanol–water partition coefficient (Wildman–Crippen LogP) is 4.04. The van der Waals surface area contributed by atoms with E-state index in [4.69, 9.17) is 17.3 Å². The molecule has 3 N–H and O–H groups in total. The lowest BCUT2D eigenvalue weighted by molar-refractivity contribution is -0.117. The summed E-state index contributed by atoms with van der Waals surface area (Å²) in [6, 6.07) is 15.2. The Morgan fingerprint density at radius 1 is 1.23 bits per heavy atom. The first-order valence-corrected chi connectivity index (χ1v) is 9.26. The second-order valence-electron chi connectivity index (χ2n) is 6.87. The Kier molecular flexibility index (Phi) is 7.51. The second kappa shape index (κ2) is 9.40. The number of rotatable bonds is 6. The van der Waals surface area contributed by atoms with Gasteiger partial charge in [-0.2, -0.15) is 0 Å². The number of nitrogens with two attached hydrogens (primary N) is 1. The van der Waals surface area contributed by atoms with E-state index in [1.165, 1.54) is 22.3 Å². The molecule has 1 aliphatic rings. The highest BCUT2D eigenvalue weighted by atomic mass is 35.5. The van der Waals surface area contributed by atoms with Gasteiger partial charge in [-0.15, -0.1) is 12.4 Å². The van der Waals surface area contributed by atoms with Gasteiger partial charge in [0.2, 0.25) is 5.91 Å². The summed E-state index contributed by atoms with van der Waals surface area (Å²) in [5.41, 5.74) is 10.6. The Labute approximate surface area is 166 Å². The smallest absolute Gasteiger partial charge is 0.217 e. The maximum Gasteiger partial charge on any atom is 0.217 e. The minimum Gasteiger partial charge on any atom is -0.370 e. The van der Waals surface area contributed by atoms with Crippen LogP contribution in [0.1, 0.15) is 41.0 Å². The fraction of sp³-hybridized carbons (Fsp3) is 0.381. The summed E-state index contributed by atoms with van der Waals surface area (Å²) in [5.74, 6) is 0.155. The molecule has 0 saturated carbocycles. The molecule has 2 aromatic carbocycles. The molecule has 0 spiro atoms. The topological polar surface area (TPSA) is 55.1 Å². The van der Waals surface area contributed by atoms with Crippen LogP contribution in [0.5, 0.6) is 0 Å². The first-order chi connectivity index (χ1) is 12.1. The van der Waals surface area contributed by atoms with Crippen LogP contribution in [-0.2, 0) is 24.1 Å². The highest BCUT2D eigenvalue weighted by Crippen LogP contribution is 2.35. The van der Waals surface area contributed by atoms with E-state index in [-0.39, 0.29) is 18.3 Å². The number of likely N-dealkylation sites (N-methyl/N-ethyl adjacent to an activating group) is 1. The minimum absolute atomic E-state index is 0. The molecule has 26 heavy (non-hydrogen) atoms. The zero-order valence-electron chi connectivity index (χ0n) is 15.0. The van der Waals surface area contributed by atoms with Gasteiger partial charge in [0.1, 0.15) is 0 Å². The number of primary amides is 1. The minimum atomic E-state index is -0.249. The van der Waals surface area contributed by atoms with Crippen LogP contribution in [0.15, 0.2) is 42.5 Å². The number of nitrogens with one attached hydrogen (secondary N) is 1. The Morgan fingerprint density at radius 3 is 2.73 bits per heavy atom. The first kappa shape index (κ1) is 20.8. The third-order valence-electron chi connectivity index (χ3n) is 5.20. The molecule has 1 aliphatic carbocycles. The molecule has 1 amide bonds. The molecule has 3 rings (SSSR count). The standard InChI is InChI=1S/C21H25ClN2O.ClH/c1-24-20-9-8-16-7-5-14(6-10-21(23)25)12-18(16)19(20)13-15-3-2-4-17(22)11-15;/h2-5,7,11-12,19-20,24H,6,8-10,13H2,1H3,(H2,23,25);1H. The third kappa shape index (κ3) is 5.00. The number of aryl methyl sites for hydroxylation is 2. The molecule has 0 aliphatic heterocycles. The van der Waals surface area contributed by atoms with Crippen molar-refractivity contribution < 1.29 is 4.79 Å². The van der Waals surface area contributed by atoms with Crippen molar-refractivity contribution in [2.75, 3.05) is 7.05 Å². The number of carbonyl (C=O) groups excluding carboxylic acids is 1. The average Bonchev–Trinajstić information content (AvgIpc) is 2.60. The molecule has 0 bridgehead atoms. The molecule has 5 heteroatoms. The maximum absolute atomic E-state index is 11.1. The maximum atomic E-state index is 11.1. The van der Waals surface area contributed by atoms with Crippen molar-refractivity contribution in [3.8, 4) is 0 Å². The van der Waals surface area contributed by atoms with Gasteiger partial charge in [-0.1, -0.05) is 41.9 Å². The van der Waals surface area contributed by atoms with E-state index in [2.05, 4.69) is 35.6 Å². The van der Waals surface area contributed by atoms with Gasteiger partial charge in [0, 0.05) is 23.4 Å². The van der Waals surface area contributed by atoms with Gasteiger partial charge >= 0.3 is 0 Å². The monoisotopic (exact) mass is 392 g/mol. The van der Waals surface area contributed by atoms with Gasteiger partial charge in [-0.25, -0.2) is 0 Å². The second-order valence-corrected chi connectivity index (χ2v) is 7.31. The third-order valence-corrected chi connectivity index (χ3v) is 5.43. The van der Waals surface area contributed by atoms with Crippen molar-refractivity contribution in [2.24, 2.45) is 5.73 Å². The lowest BCUT2D eigenvalue weighted by Crippen LogP contribution is -2.37.